The number of rotatable bonds is 7. The molecule has 140 valence electrons. The Balaban J connectivity index is 1.75. The Morgan fingerprint density at radius 3 is 2.59 bits per heavy atom. The number of benzene rings is 2. The van der Waals surface area contributed by atoms with E-state index in [0.717, 1.165) is 12.0 Å². The van der Waals surface area contributed by atoms with Crippen molar-refractivity contribution in [3.05, 3.63) is 70.5 Å². The largest absolute Gasteiger partial charge is 0.349 e. The molecular formula is C21H23N3O2S. The lowest BCUT2D eigenvalue weighted by Crippen LogP contribution is -2.29. The first-order valence-electron chi connectivity index (χ1n) is 9.07. The smallest absolute Gasteiger partial charge is 0.262 e. The highest BCUT2D eigenvalue weighted by molar-refractivity contribution is 7.99. The van der Waals surface area contributed by atoms with E-state index in [-0.39, 0.29) is 23.3 Å². The summed E-state index contributed by atoms with van der Waals surface area (Å²) in [5.41, 5.74) is 1.67. The summed E-state index contributed by atoms with van der Waals surface area (Å²) in [7, 11) is 0. The molecule has 0 unspecified atom stereocenters. The first kappa shape index (κ1) is 19.2. The molecule has 3 rings (SSSR count). The molecule has 1 heterocycles. The summed E-state index contributed by atoms with van der Waals surface area (Å²) in [6, 6.07) is 17.1. The van der Waals surface area contributed by atoms with Gasteiger partial charge in [-0.2, -0.15) is 0 Å². The second-order valence-electron chi connectivity index (χ2n) is 6.36. The summed E-state index contributed by atoms with van der Waals surface area (Å²) in [6.07, 6.45) is 0.824. The van der Waals surface area contributed by atoms with E-state index >= 15 is 0 Å². The Hall–Kier alpha value is -2.60. The number of hydrogen-bond acceptors (Lipinski definition) is 4. The van der Waals surface area contributed by atoms with Crippen LogP contribution in [-0.4, -0.2) is 21.2 Å². The van der Waals surface area contributed by atoms with Gasteiger partial charge in [0.25, 0.3) is 5.56 Å². The van der Waals surface area contributed by atoms with E-state index in [0.29, 0.717) is 22.6 Å². The quantitative estimate of drug-likeness (QED) is 0.500. The molecule has 0 aliphatic carbocycles. The monoisotopic (exact) mass is 381 g/mol. The van der Waals surface area contributed by atoms with Gasteiger partial charge in [0.05, 0.1) is 22.7 Å². The van der Waals surface area contributed by atoms with Gasteiger partial charge < -0.3 is 5.32 Å². The summed E-state index contributed by atoms with van der Waals surface area (Å²) in [6.45, 7) is 4.56. The van der Waals surface area contributed by atoms with Crippen molar-refractivity contribution in [2.45, 2.75) is 38.0 Å². The number of aromatic nitrogens is 2. The molecule has 1 aromatic heterocycles. The minimum absolute atomic E-state index is 0.0528. The zero-order valence-corrected chi connectivity index (χ0v) is 16.3. The van der Waals surface area contributed by atoms with Crippen LogP contribution in [0.4, 0.5) is 0 Å². The summed E-state index contributed by atoms with van der Waals surface area (Å²) in [4.78, 5) is 29.7. The van der Waals surface area contributed by atoms with Crippen LogP contribution in [0.5, 0.6) is 0 Å². The molecule has 3 aromatic rings. The zero-order chi connectivity index (χ0) is 19.2. The first-order chi connectivity index (χ1) is 13.1. The summed E-state index contributed by atoms with van der Waals surface area (Å²) in [5, 5.41) is 4.19. The van der Waals surface area contributed by atoms with Gasteiger partial charge in [-0.25, -0.2) is 4.98 Å². The van der Waals surface area contributed by atoms with E-state index in [2.05, 4.69) is 10.3 Å². The minimum Gasteiger partial charge on any atom is -0.349 e. The maximum Gasteiger partial charge on any atom is 0.262 e. The Morgan fingerprint density at radius 2 is 1.85 bits per heavy atom. The Morgan fingerprint density at radius 1 is 1.15 bits per heavy atom. The fourth-order valence-electron chi connectivity index (χ4n) is 2.92. The molecule has 2 aromatic carbocycles. The van der Waals surface area contributed by atoms with Gasteiger partial charge in [0, 0.05) is 6.54 Å². The van der Waals surface area contributed by atoms with E-state index < -0.39 is 0 Å². The highest BCUT2D eigenvalue weighted by Crippen LogP contribution is 2.19. The Kier molecular flexibility index (Phi) is 6.29. The molecule has 0 bridgehead atoms. The van der Waals surface area contributed by atoms with Gasteiger partial charge in [-0.15, -0.1) is 0 Å². The molecule has 1 atom stereocenters. The number of nitrogens with one attached hydrogen (secondary N) is 1. The molecule has 6 heteroatoms. The number of amides is 1. The van der Waals surface area contributed by atoms with Crippen molar-refractivity contribution in [1.82, 2.24) is 14.9 Å². The molecule has 0 aliphatic heterocycles. The normalized spacial score (nSPS) is 12.1. The first-order valence-corrected chi connectivity index (χ1v) is 10.1. The number of carbonyl (C=O) groups excluding carboxylic acids is 1. The van der Waals surface area contributed by atoms with Crippen LogP contribution in [0.2, 0.25) is 0 Å². The van der Waals surface area contributed by atoms with E-state index in [1.807, 2.05) is 62.4 Å². The number of fused-ring (bicyclic) bond motifs is 1. The maximum atomic E-state index is 12.8. The molecule has 0 radical (unpaired) electrons. The van der Waals surface area contributed by atoms with Gasteiger partial charge in [-0.1, -0.05) is 61.2 Å². The van der Waals surface area contributed by atoms with Crippen LogP contribution in [0, 0.1) is 0 Å². The van der Waals surface area contributed by atoms with E-state index in [4.69, 9.17) is 0 Å². The number of thioether (sulfide) groups is 1. The summed E-state index contributed by atoms with van der Waals surface area (Å²) >= 11 is 1.30. The molecule has 1 N–H and O–H groups in total. The fourth-order valence-corrected chi connectivity index (χ4v) is 3.75. The summed E-state index contributed by atoms with van der Waals surface area (Å²) < 4.78 is 1.67. The highest BCUT2D eigenvalue weighted by Gasteiger charge is 2.14. The molecule has 0 aliphatic rings. The third-order valence-corrected chi connectivity index (χ3v) is 5.26. The van der Waals surface area contributed by atoms with E-state index in [1.54, 1.807) is 10.6 Å². The Labute approximate surface area is 162 Å². The average Bonchev–Trinajstić information content (AvgIpc) is 2.69. The van der Waals surface area contributed by atoms with Crippen molar-refractivity contribution < 1.29 is 4.79 Å². The van der Waals surface area contributed by atoms with Gasteiger partial charge in [-0.3, -0.25) is 14.2 Å². The molecule has 0 spiro atoms. The zero-order valence-electron chi connectivity index (χ0n) is 15.5. The topological polar surface area (TPSA) is 64.0 Å². The lowest BCUT2D eigenvalue weighted by atomic mass is 10.1. The predicted molar refractivity (Wildman–Crippen MR) is 110 cm³/mol. The number of hydrogen-bond donors (Lipinski definition) is 1. The van der Waals surface area contributed by atoms with E-state index in [9.17, 15) is 9.59 Å². The van der Waals surface area contributed by atoms with Gasteiger partial charge in [0.15, 0.2) is 5.16 Å². The predicted octanol–water partition coefficient (Wildman–Crippen LogP) is 3.78. The number of para-hydroxylation sites is 1. The van der Waals surface area contributed by atoms with Gasteiger partial charge in [0.1, 0.15) is 0 Å². The van der Waals surface area contributed by atoms with Crippen molar-refractivity contribution >= 4 is 28.6 Å². The van der Waals surface area contributed by atoms with Crippen molar-refractivity contribution in [1.29, 1.82) is 0 Å². The van der Waals surface area contributed by atoms with Gasteiger partial charge in [0.2, 0.25) is 5.91 Å². The number of carbonyl (C=O) groups is 1. The average molecular weight is 382 g/mol. The standard InChI is InChI=1S/C21H23N3O2S/c1-3-13-24-20(26)17-11-7-8-12-18(17)23-21(24)27-14-19(25)22-15(2)16-9-5-4-6-10-16/h4-12,15H,3,13-14H2,1-2H3,(H,22,25)/t15-/m0/s1. The SMILES string of the molecule is CCCn1c(SCC(=O)N[C@@H](C)c2ccccc2)nc2ccccc2c1=O. The molecule has 0 fully saturated rings. The highest BCUT2D eigenvalue weighted by atomic mass is 32.2. The van der Waals surface area contributed by atoms with Crippen molar-refractivity contribution in [3.63, 3.8) is 0 Å². The van der Waals surface area contributed by atoms with Crippen molar-refractivity contribution in [2.24, 2.45) is 0 Å². The van der Waals surface area contributed by atoms with Crippen LogP contribution in [0.15, 0.2) is 64.5 Å². The molecule has 0 saturated carbocycles. The van der Waals surface area contributed by atoms with Crippen LogP contribution in [0.1, 0.15) is 31.9 Å². The molecule has 5 nitrogen and oxygen atoms in total. The van der Waals surface area contributed by atoms with Crippen molar-refractivity contribution in [3.8, 4) is 0 Å². The molecule has 0 saturated heterocycles. The van der Waals surface area contributed by atoms with Gasteiger partial charge >= 0.3 is 0 Å². The second kappa shape index (κ2) is 8.86. The molecular weight excluding hydrogens is 358 g/mol. The Bertz CT molecular complexity index is 986. The van der Waals surface area contributed by atoms with Crippen molar-refractivity contribution in [2.75, 3.05) is 5.75 Å². The van der Waals surface area contributed by atoms with Crippen LogP contribution < -0.4 is 10.9 Å². The minimum atomic E-state index is -0.0817. The van der Waals surface area contributed by atoms with Crippen LogP contribution >= 0.6 is 11.8 Å². The molecule has 27 heavy (non-hydrogen) atoms. The maximum absolute atomic E-state index is 12.8. The lowest BCUT2D eigenvalue weighted by Gasteiger charge is -2.15. The third-order valence-electron chi connectivity index (χ3n) is 4.28. The summed E-state index contributed by atoms with van der Waals surface area (Å²) in [5.74, 6) is 0.132. The van der Waals surface area contributed by atoms with Crippen LogP contribution in [0.3, 0.4) is 0 Å². The van der Waals surface area contributed by atoms with Gasteiger partial charge in [-0.05, 0) is 31.0 Å². The fraction of sp³-hybridized carbons (Fsp3) is 0.286. The van der Waals surface area contributed by atoms with Crippen LogP contribution in [0.25, 0.3) is 10.9 Å². The number of nitrogens with zero attached hydrogens (tertiary/aromatic N) is 2. The second-order valence-corrected chi connectivity index (χ2v) is 7.30. The molecule has 1 amide bonds. The lowest BCUT2D eigenvalue weighted by molar-refractivity contribution is -0.119. The van der Waals surface area contributed by atoms with E-state index in [1.165, 1.54) is 11.8 Å². The third kappa shape index (κ3) is 4.57. The van der Waals surface area contributed by atoms with Crippen LogP contribution in [-0.2, 0) is 11.3 Å².